The molecule has 3 aromatic carbocycles. The fraction of sp³-hybridized carbons (Fsp3) is 0.0476. The van der Waals surface area contributed by atoms with E-state index in [1.165, 1.54) is 6.07 Å². The maximum atomic E-state index is 12.3. The molecular weight excluding hydrogens is 360 g/mol. The molecular formula is C21H18N2O3S. The van der Waals surface area contributed by atoms with E-state index in [9.17, 15) is 9.59 Å². The molecule has 0 radical (unpaired) electrons. The summed E-state index contributed by atoms with van der Waals surface area (Å²) < 4.78 is 5.46. The molecule has 3 aromatic rings. The van der Waals surface area contributed by atoms with Crippen LogP contribution in [0.25, 0.3) is 0 Å². The Balaban J connectivity index is 1.63. The number of para-hydroxylation sites is 1. The molecule has 2 amide bonds. The molecule has 27 heavy (non-hydrogen) atoms. The average molecular weight is 378 g/mol. The normalized spacial score (nSPS) is 10.2. The van der Waals surface area contributed by atoms with Crippen LogP contribution in [0.2, 0.25) is 0 Å². The Morgan fingerprint density at radius 2 is 1.67 bits per heavy atom. The molecule has 0 aliphatic rings. The van der Waals surface area contributed by atoms with Crippen molar-refractivity contribution >= 4 is 29.3 Å². The molecule has 0 unspecified atom stereocenters. The van der Waals surface area contributed by atoms with Gasteiger partial charge in [0.25, 0.3) is 5.91 Å². The summed E-state index contributed by atoms with van der Waals surface area (Å²) in [5.74, 6) is -0.425. The first-order valence-electron chi connectivity index (χ1n) is 8.26. The summed E-state index contributed by atoms with van der Waals surface area (Å²) in [7, 11) is 0. The molecule has 0 saturated heterocycles. The molecule has 3 rings (SSSR count). The summed E-state index contributed by atoms with van der Waals surface area (Å²) in [5.41, 5.74) is 6.29. The Labute approximate surface area is 161 Å². The van der Waals surface area contributed by atoms with Crippen LogP contribution in [0.15, 0.2) is 88.7 Å². The maximum absolute atomic E-state index is 12.3. The molecule has 6 heteroatoms. The van der Waals surface area contributed by atoms with Crippen LogP contribution in [0.4, 0.5) is 5.69 Å². The molecule has 0 aliphatic heterocycles. The number of rotatable bonds is 7. The van der Waals surface area contributed by atoms with Crippen molar-refractivity contribution in [1.82, 2.24) is 0 Å². The SMILES string of the molecule is NC(=O)c1cccc(OCC(=O)Nc2ccccc2Sc2ccccc2)c1. The molecule has 0 atom stereocenters. The van der Waals surface area contributed by atoms with E-state index < -0.39 is 5.91 Å². The molecule has 0 bridgehead atoms. The molecule has 5 nitrogen and oxygen atoms in total. The second kappa shape index (κ2) is 8.91. The van der Waals surface area contributed by atoms with E-state index in [-0.39, 0.29) is 12.5 Å². The van der Waals surface area contributed by atoms with Crippen LogP contribution < -0.4 is 15.8 Å². The van der Waals surface area contributed by atoms with Crippen molar-refractivity contribution in [3.05, 3.63) is 84.4 Å². The number of hydrogen-bond acceptors (Lipinski definition) is 4. The van der Waals surface area contributed by atoms with Crippen molar-refractivity contribution in [1.29, 1.82) is 0 Å². The molecule has 136 valence electrons. The highest BCUT2D eigenvalue weighted by Gasteiger charge is 2.09. The van der Waals surface area contributed by atoms with Crippen LogP contribution >= 0.6 is 11.8 Å². The number of nitrogens with two attached hydrogens (primary N) is 1. The Hall–Kier alpha value is -3.25. The summed E-state index contributed by atoms with van der Waals surface area (Å²) in [4.78, 5) is 25.5. The first-order chi connectivity index (χ1) is 13.1. The zero-order valence-corrected chi connectivity index (χ0v) is 15.2. The van der Waals surface area contributed by atoms with Crippen LogP contribution in [0.1, 0.15) is 10.4 Å². The minimum atomic E-state index is -0.545. The fourth-order valence-electron chi connectivity index (χ4n) is 2.35. The highest BCUT2D eigenvalue weighted by molar-refractivity contribution is 7.99. The summed E-state index contributed by atoms with van der Waals surface area (Å²) in [6.45, 7) is -0.174. The standard InChI is InChI=1S/C21H18N2O3S/c22-21(25)15-7-6-8-16(13-15)26-14-20(24)23-18-11-4-5-12-19(18)27-17-9-2-1-3-10-17/h1-13H,14H2,(H2,22,25)(H,23,24). The quantitative estimate of drug-likeness (QED) is 0.652. The fourth-order valence-corrected chi connectivity index (χ4v) is 3.27. The Bertz CT molecular complexity index is 945. The summed E-state index contributed by atoms with van der Waals surface area (Å²) in [5, 5.41) is 2.86. The highest BCUT2D eigenvalue weighted by Crippen LogP contribution is 2.33. The second-order valence-electron chi connectivity index (χ2n) is 5.64. The van der Waals surface area contributed by atoms with Crippen LogP contribution in [-0.4, -0.2) is 18.4 Å². The van der Waals surface area contributed by atoms with Gasteiger partial charge in [0.2, 0.25) is 5.91 Å². The first-order valence-corrected chi connectivity index (χ1v) is 9.08. The number of carbonyl (C=O) groups is 2. The maximum Gasteiger partial charge on any atom is 0.262 e. The molecule has 0 aromatic heterocycles. The third-order valence-corrected chi connectivity index (χ3v) is 4.70. The van der Waals surface area contributed by atoms with Gasteiger partial charge in [0.05, 0.1) is 5.69 Å². The second-order valence-corrected chi connectivity index (χ2v) is 6.76. The van der Waals surface area contributed by atoms with Crippen LogP contribution in [-0.2, 0) is 4.79 Å². The van der Waals surface area contributed by atoms with Crippen molar-refractivity contribution in [2.45, 2.75) is 9.79 Å². The lowest BCUT2D eigenvalue weighted by molar-refractivity contribution is -0.118. The van der Waals surface area contributed by atoms with Gasteiger partial charge in [0.15, 0.2) is 6.61 Å². The minimum absolute atomic E-state index is 0.174. The van der Waals surface area contributed by atoms with Crippen molar-refractivity contribution < 1.29 is 14.3 Å². The molecule has 0 fully saturated rings. The minimum Gasteiger partial charge on any atom is -0.484 e. The van der Waals surface area contributed by atoms with Gasteiger partial charge >= 0.3 is 0 Å². The lowest BCUT2D eigenvalue weighted by Gasteiger charge is -2.11. The molecule has 0 heterocycles. The van der Waals surface area contributed by atoms with Gasteiger partial charge in [-0.05, 0) is 42.5 Å². The summed E-state index contributed by atoms with van der Waals surface area (Å²) in [6, 6.07) is 23.9. The number of primary amides is 1. The van der Waals surface area contributed by atoms with Gasteiger partial charge in [-0.15, -0.1) is 0 Å². The topological polar surface area (TPSA) is 81.4 Å². The van der Waals surface area contributed by atoms with Gasteiger partial charge in [-0.3, -0.25) is 9.59 Å². The van der Waals surface area contributed by atoms with E-state index >= 15 is 0 Å². The molecule has 0 aliphatic carbocycles. The van der Waals surface area contributed by atoms with Gasteiger partial charge in [-0.25, -0.2) is 0 Å². The highest BCUT2D eigenvalue weighted by atomic mass is 32.2. The zero-order valence-electron chi connectivity index (χ0n) is 14.4. The van der Waals surface area contributed by atoms with E-state index in [1.54, 1.807) is 30.0 Å². The van der Waals surface area contributed by atoms with Gasteiger partial charge in [-0.2, -0.15) is 0 Å². The number of hydrogen-bond donors (Lipinski definition) is 2. The number of ether oxygens (including phenoxy) is 1. The van der Waals surface area contributed by atoms with Crippen molar-refractivity contribution in [2.24, 2.45) is 5.73 Å². The van der Waals surface area contributed by atoms with E-state index in [4.69, 9.17) is 10.5 Å². The third-order valence-electron chi connectivity index (χ3n) is 3.62. The number of benzene rings is 3. The molecule has 0 saturated carbocycles. The van der Waals surface area contributed by atoms with Crippen molar-refractivity contribution in [2.75, 3.05) is 11.9 Å². The monoisotopic (exact) mass is 378 g/mol. The van der Waals surface area contributed by atoms with Crippen LogP contribution in [0.3, 0.4) is 0 Å². The van der Waals surface area contributed by atoms with E-state index in [0.717, 1.165) is 9.79 Å². The van der Waals surface area contributed by atoms with Crippen molar-refractivity contribution in [3.8, 4) is 5.75 Å². The Morgan fingerprint density at radius 1 is 0.926 bits per heavy atom. The third kappa shape index (κ3) is 5.36. The van der Waals surface area contributed by atoms with Gasteiger partial charge in [-0.1, -0.05) is 48.2 Å². The number of amides is 2. The summed E-state index contributed by atoms with van der Waals surface area (Å²) >= 11 is 1.57. The van der Waals surface area contributed by atoms with E-state index in [0.29, 0.717) is 17.0 Å². The molecule has 3 N–H and O–H groups in total. The predicted molar refractivity (Wildman–Crippen MR) is 106 cm³/mol. The largest absolute Gasteiger partial charge is 0.484 e. The Kier molecular flexibility index (Phi) is 6.12. The lowest BCUT2D eigenvalue weighted by atomic mass is 10.2. The van der Waals surface area contributed by atoms with E-state index in [1.807, 2.05) is 54.6 Å². The summed E-state index contributed by atoms with van der Waals surface area (Å²) in [6.07, 6.45) is 0. The van der Waals surface area contributed by atoms with Crippen LogP contribution in [0, 0.1) is 0 Å². The average Bonchev–Trinajstić information content (AvgIpc) is 2.69. The van der Waals surface area contributed by atoms with Crippen molar-refractivity contribution in [3.63, 3.8) is 0 Å². The van der Waals surface area contributed by atoms with Gasteiger partial charge in [0.1, 0.15) is 5.75 Å². The zero-order chi connectivity index (χ0) is 19.1. The molecule has 0 spiro atoms. The predicted octanol–water partition coefficient (Wildman–Crippen LogP) is 3.95. The van der Waals surface area contributed by atoms with Crippen LogP contribution in [0.5, 0.6) is 5.75 Å². The number of anilines is 1. The first kappa shape index (κ1) is 18.5. The Morgan fingerprint density at radius 3 is 2.44 bits per heavy atom. The van der Waals surface area contributed by atoms with Gasteiger partial charge in [0, 0.05) is 15.4 Å². The number of carbonyl (C=O) groups excluding carboxylic acids is 2. The smallest absolute Gasteiger partial charge is 0.262 e. The van der Waals surface area contributed by atoms with Gasteiger partial charge < -0.3 is 15.8 Å². The van der Waals surface area contributed by atoms with E-state index in [2.05, 4.69) is 5.32 Å². The number of nitrogens with one attached hydrogen (secondary N) is 1. The lowest BCUT2D eigenvalue weighted by Crippen LogP contribution is -2.20.